The molecule has 0 radical (unpaired) electrons. The maximum absolute atomic E-state index is 11.7. The highest BCUT2D eigenvalue weighted by Crippen LogP contribution is 2.29. The summed E-state index contributed by atoms with van der Waals surface area (Å²) in [6.45, 7) is 1.48. The third kappa shape index (κ3) is 2.82. The molecular formula is C13H19N3O. The van der Waals surface area contributed by atoms with Crippen molar-refractivity contribution < 1.29 is 4.79 Å². The van der Waals surface area contributed by atoms with E-state index in [9.17, 15) is 4.79 Å². The standard InChI is InChI=1S/C13H19N3O/c1-15(2)13(17)10-16-9-5-7-12(16)11-6-3-4-8-14-11/h3-4,6,8,12H,5,7,9-10H2,1-2H3. The quantitative estimate of drug-likeness (QED) is 0.789. The minimum Gasteiger partial charge on any atom is -0.348 e. The van der Waals surface area contributed by atoms with Gasteiger partial charge in [0.25, 0.3) is 0 Å². The molecule has 0 spiro atoms. The number of aromatic nitrogens is 1. The first-order valence-corrected chi connectivity index (χ1v) is 6.03. The van der Waals surface area contributed by atoms with Crippen molar-refractivity contribution in [2.45, 2.75) is 18.9 Å². The second kappa shape index (κ2) is 5.27. The molecule has 2 rings (SSSR count). The van der Waals surface area contributed by atoms with E-state index >= 15 is 0 Å². The van der Waals surface area contributed by atoms with Gasteiger partial charge in [0.15, 0.2) is 0 Å². The molecule has 1 aromatic heterocycles. The topological polar surface area (TPSA) is 36.4 Å². The second-order valence-corrected chi connectivity index (χ2v) is 4.67. The average Bonchev–Trinajstić information content (AvgIpc) is 2.78. The van der Waals surface area contributed by atoms with Gasteiger partial charge in [-0.05, 0) is 31.5 Å². The minimum absolute atomic E-state index is 0.160. The molecule has 92 valence electrons. The van der Waals surface area contributed by atoms with Crippen molar-refractivity contribution in [1.82, 2.24) is 14.8 Å². The highest BCUT2D eigenvalue weighted by atomic mass is 16.2. The summed E-state index contributed by atoms with van der Waals surface area (Å²) in [7, 11) is 3.60. The Morgan fingerprint density at radius 1 is 1.53 bits per heavy atom. The highest BCUT2D eigenvalue weighted by Gasteiger charge is 2.28. The van der Waals surface area contributed by atoms with Crippen LogP contribution in [0.2, 0.25) is 0 Å². The van der Waals surface area contributed by atoms with Gasteiger partial charge < -0.3 is 4.90 Å². The van der Waals surface area contributed by atoms with Crippen LogP contribution in [-0.2, 0) is 4.79 Å². The van der Waals surface area contributed by atoms with Gasteiger partial charge >= 0.3 is 0 Å². The van der Waals surface area contributed by atoms with E-state index in [0.29, 0.717) is 12.6 Å². The monoisotopic (exact) mass is 233 g/mol. The third-order valence-electron chi connectivity index (χ3n) is 3.23. The smallest absolute Gasteiger partial charge is 0.236 e. The Morgan fingerprint density at radius 2 is 2.35 bits per heavy atom. The molecule has 1 atom stereocenters. The average molecular weight is 233 g/mol. The molecule has 0 aromatic carbocycles. The zero-order valence-electron chi connectivity index (χ0n) is 10.5. The van der Waals surface area contributed by atoms with Gasteiger partial charge in [-0.1, -0.05) is 6.07 Å². The van der Waals surface area contributed by atoms with Crippen LogP contribution in [0.3, 0.4) is 0 Å². The Labute approximate surface area is 102 Å². The summed E-state index contributed by atoms with van der Waals surface area (Å²) >= 11 is 0. The van der Waals surface area contributed by atoms with Crippen LogP contribution in [0.25, 0.3) is 0 Å². The molecule has 1 aliphatic rings. The molecule has 1 aromatic rings. The van der Waals surface area contributed by atoms with Crippen LogP contribution >= 0.6 is 0 Å². The van der Waals surface area contributed by atoms with Crippen molar-refractivity contribution >= 4 is 5.91 Å². The van der Waals surface area contributed by atoms with Gasteiger partial charge in [0.05, 0.1) is 18.3 Å². The lowest BCUT2D eigenvalue weighted by atomic mass is 10.1. The van der Waals surface area contributed by atoms with E-state index < -0.39 is 0 Å². The van der Waals surface area contributed by atoms with E-state index in [0.717, 1.165) is 25.1 Å². The Bertz CT molecular complexity index is 378. The van der Waals surface area contributed by atoms with Crippen LogP contribution in [0, 0.1) is 0 Å². The maximum atomic E-state index is 11.7. The van der Waals surface area contributed by atoms with Crippen LogP contribution in [0.5, 0.6) is 0 Å². The summed E-state index contributed by atoms with van der Waals surface area (Å²) in [6, 6.07) is 6.28. The lowest BCUT2D eigenvalue weighted by Gasteiger charge is -2.24. The molecule has 1 aliphatic heterocycles. The fraction of sp³-hybridized carbons (Fsp3) is 0.538. The first kappa shape index (κ1) is 12.0. The van der Waals surface area contributed by atoms with Crippen LogP contribution in [0.15, 0.2) is 24.4 Å². The number of amides is 1. The van der Waals surface area contributed by atoms with Gasteiger partial charge in [0.2, 0.25) is 5.91 Å². The van der Waals surface area contributed by atoms with Crippen molar-refractivity contribution in [2.75, 3.05) is 27.2 Å². The van der Waals surface area contributed by atoms with Crippen molar-refractivity contribution in [3.8, 4) is 0 Å². The van der Waals surface area contributed by atoms with E-state index in [1.54, 1.807) is 19.0 Å². The lowest BCUT2D eigenvalue weighted by Crippen LogP contribution is -2.36. The van der Waals surface area contributed by atoms with E-state index in [4.69, 9.17) is 0 Å². The van der Waals surface area contributed by atoms with Crippen molar-refractivity contribution in [2.24, 2.45) is 0 Å². The summed E-state index contributed by atoms with van der Waals surface area (Å²) in [5.41, 5.74) is 1.08. The van der Waals surface area contributed by atoms with E-state index in [1.807, 2.05) is 24.4 Å². The first-order chi connectivity index (χ1) is 8.18. The van der Waals surface area contributed by atoms with Gasteiger partial charge in [-0.2, -0.15) is 0 Å². The molecule has 4 heteroatoms. The Hall–Kier alpha value is -1.42. The number of carbonyl (C=O) groups excluding carboxylic acids is 1. The summed E-state index contributed by atoms with van der Waals surface area (Å²) in [4.78, 5) is 20.0. The molecule has 17 heavy (non-hydrogen) atoms. The lowest BCUT2D eigenvalue weighted by molar-refractivity contribution is -0.130. The predicted molar refractivity (Wildman–Crippen MR) is 66.5 cm³/mol. The second-order valence-electron chi connectivity index (χ2n) is 4.67. The molecule has 1 saturated heterocycles. The first-order valence-electron chi connectivity index (χ1n) is 6.03. The van der Waals surface area contributed by atoms with Crippen LogP contribution < -0.4 is 0 Å². The molecule has 1 unspecified atom stereocenters. The predicted octanol–water partition coefficient (Wildman–Crippen LogP) is 1.31. The molecule has 0 aliphatic carbocycles. The number of hydrogen-bond donors (Lipinski definition) is 0. The number of pyridine rings is 1. The Morgan fingerprint density at radius 3 is 3.00 bits per heavy atom. The number of likely N-dealkylation sites (tertiary alicyclic amines) is 1. The van der Waals surface area contributed by atoms with E-state index in [2.05, 4.69) is 9.88 Å². The normalized spacial score (nSPS) is 20.5. The molecule has 1 amide bonds. The van der Waals surface area contributed by atoms with Crippen LogP contribution in [0.1, 0.15) is 24.6 Å². The van der Waals surface area contributed by atoms with Crippen LogP contribution in [0.4, 0.5) is 0 Å². The molecule has 0 saturated carbocycles. The number of carbonyl (C=O) groups is 1. The van der Waals surface area contributed by atoms with E-state index in [1.165, 1.54) is 0 Å². The number of rotatable bonds is 3. The molecule has 0 bridgehead atoms. The Kier molecular flexibility index (Phi) is 3.74. The van der Waals surface area contributed by atoms with Gasteiger partial charge in [-0.25, -0.2) is 0 Å². The van der Waals surface area contributed by atoms with Crippen molar-refractivity contribution in [1.29, 1.82) is 0 Å². The SMILES string of the molecule is CN(C)C(=O)CN1CCCC1c1ccccn1. The van der Waals surface area contributed by atoms with Crippen molar-refractivity contribution in [3.63, 3.8) is 0 Å². The van der Waals surface area contributed by atoms with Crippen molar-refractivity contribution in [3.05, 3.63) is 30.1 Å². The number of likely N-dealkylation sites (N-methyl/N-ethyl adjacent to an activating group) is 1. The fourth-order valence-electron chi connectivity index (χ4n) is 2.24. The molecule has 4 nitrogen and oxygen atoms in total. The third-order valence-corrected chi connectivity index (χ3v) is 3.23. The molecular weight excluding hydrogens is 214 g/mol. The molecule has 2 heterocycles. The maximum Gasteiger partial charge on any atom is 0.236 e. The minimum atomic E-state index is 0.160. The molecule has 0 N–H and O–H groups in total. The van der Waals surface area contributed by atoms with Gasteiger partial charge in [0.1, 0.15) is 0 Å². The highest BCUT2D eigenvalue weighted by molar-refractivity contribution is 5.77. The number of nitrogens with zero attached hydrogens (tertiary/aromatic N) is 3. The van der Waals surface area contributed by atoms with Crippen LogP contribution in [-0.4, -0.2) is 47.9 Å². The molecule has 1 fully saturated rings. The Balaban J connectivity index is 2.05. The van der Waals surface area contributed by atoms with Gasteiger partial charge in [-0.15, -0.1) is 0 Å². The van der Waals surface area contributed by atoms with Gasteiger partial charge in [-0.3, -0.25) is 14.7 Å². The summed E-state index contributed by atoms with van der Waals surface area (Å²) < 4.78 is 0. The number of hydrogen-bond acceptors (Lipinski definition) is 3. The van der Waals surface area contributed by atoms with Gasteiger partial charge in [0, 0.05) is 20.3 Å². The largest absolute Gasteiger partial charge is 0.348 e. The zero-order valence-corrected chi connectivity index (χ0v) is 10.5. The van der Waals surface area contributed by atoms with E-state index in [-0.39, 0.29) is 5.91 Å². The zero-order chi connectivity index (χ0) is 12.3. The fourth-order valence-corrected chi connectivity index (χ4v) is 2.24. The summed E-state index contributed by atoms with van der Waals surface area (Å²) in [6.07, 6.45) is 4.05. The summed E-state index contributed by atoms with van der Waals surface area (Å²) in [5, 5.41) is 0. The summed E-state index contributed by atoms with van der Waals surface area (Å²) in [5.74, 6) is 0.160.